The number of ether oxygens (including phenoxy) is 1. The summed E-state index contributed by atoms with van der Waals surface area (Å²) in [5.74, 6) is -0.267. The second-order valence-corrected chi connectivity index (χ2v) is 8.41. The van der Waals surface area contributed by atoms with E-state index in [0.29, 0.717) is 25.3 Å². The van der Waals surface area contributed by atoms with Crippen LogP contribution < -0.4 is 5.32 Å². The lowest BCUT2D eigenvalue weighted by atomic mass is 10.0. The minimum absolute atomic E-state index is 0.151. The van der Waals surface area contributed by atoms with Crippen molar-refractivity contribution in [3.63, 3.8) is 0 Å². The number of carbonyl (C=O) groups is 1. The fourth-order valence-corrected chi connectivity index (χ4v) is 3.21. The van der Waals surface area contributed by atoms with Gasteiger partial charge in [0.2, 0.25) is 0 Å². The van der Waals surface area contributed by atoms with Crippen LogP contribution in [0.1, 0.15) is 24.2 Å². The number of rotatable bonds is 5. The van der Waals surface area contributed by atoms with Gasteiger partial charge in [-0.1, -0.05) is 6.07 Å². The number of sulfone groups is 1. The smallest absolute Gasteiger partial charge is 0.251 e. The molecule has 0 bridgehead atoms. The van der Waals surface area contributed by atoms with E-state index >= 15 is 0 Å². The zero-order chi connectivity index (χ0) is 17.1. The highest BCUT2D eigenvalue weighted by Gasteiger charge is 2.28. The third-order valence-electron chi connectivity index (χ3n) is 4.07. The van der Waals surface area contributed by atoms with Gasteiger partial charge in [-0.3, -0.25) is 9.69 Å². The van der Waals surface area contributed by atoms with Crippen molar-refractivity contribution in [3.8, 4) is 0 Å². The molecule has 1 aliphatic rings. The van der Waals surface area contributed by atoms with E-state index < -0.39 is 9.84 Å². The first-order chi connectivity index (χ1) is 10.7. The van der Waals surface area contributed by atoms with Crippen molar-refractivity contribution < 1.29 is 17.9 Å². The largest absolute Gasteiger partial charge is 0.379 e. The van der Waals surface area contributed by atoms with E-state index in [0.717, 1.165) is 19.3 Å². The molecule has 1 heterocycles. The van der Waals surface area contributed by atoms with Crippen LogP contribution in [0, 0.1) is 0 Å². The molecule has 1 fully saturated rings. The molecule has 1 saturated heterocycles. The van der Waals surface area contributed by atoms with Crippen molar-refractivity contribution in [1.29, 1.82) is 0 Å². The number of hydrogen-bond donors (Lipinski definition) is 1. The maximum atomic E-state index is 12.3. The van der Waals surface area contributed by atoms with Crippen molar-refractivity contribution in [1.82, 2.24) is 10.2 Å². The number of nitrogens with zero attached hydrogens (tertiary/aromatic N) is 1. The highest BCUT2D eigenvalue weighted by atomic mass is 32.2. The third-order valence-corrected chi connectivity index (χ3v) is 5.18. The van der Waals surface area contributed by atoms with E-state index in [1.807, 2.05) is 0 Å². The van der Waals surface area contributed by atoms with Gasteiger partial charge in [0.15, 0.2) is 9.84 Å². The van der Waals surface area contributed by atoms with Crippen molar-refractivity contribution in [2.75, 3.05) is 39.1 Å². The molecule has 1 aliphatic heterocycles. The highest BCUT2D eigenvalue weighted by molar-refractivity contribution is 7.90. The number of nitrogens with one attached hydrogen (secondary N) is 1. The normalized spacial score (nSPS) is 17.0. The predicted octanol–water partition coefficient (Wildman–Crippen LogP) is 0.931. The van der Waals surface area contributed by atoms with Gasteiger partial charge in [0.1, 0.15) is 0 Å². The van der Waals surface area contributed by atoms with Gasteiger partial charge in [-0.25, -0.2) is 8.42 Å². The first-order valence-electron chi connectivity index (χ1n) is 7.61. The molecule has 1 N–H and O–H groups in total. The average Bonchev–Trinajstić information content (AvgIpc) is 2.53. The van der Waals surface area contributed by atoms with Crippen LogP contribution in [-0.2, 0) is 14.6 Å². The van der Waals surface area contributed by atoms with Crippen molar-refractivity contribution in [2.24, 2.45) is 0 Å². The summed E-state index contributed by atoms with van der Waals surface area (Å²) < 4.78 is 28.5. The Morgan fingerprint density at radius 2 is 1.96 bits per heavy atom. The molecule has 0 unspecified atom stereocenters. The van der Waals surface area contributed by atoms with E-state index in [-0.39, 0.29) is 16.3 Å². The topological polar surface area (TPSA) is 75.7 Å². The lowest BCUT2D eigenvalue weighted by molar-refractivity contribution is -0.00923. The zero-order valence-corrected chi connectivity index (χ0v) is 14.6. The maximum Gasteiger partial charge on any atom is 0.251 e. The minimum Gasteiger partial charge on any atom is -0.379 e. The molecule has 128 valence electrons. The van der Waals surface area contributed by atoms with E-state index in [9.17, 15) is 13.2 Å². The van der Waals surface area contributed by atoms with E-state index in [4.69, 9.17) is 4.74 Å². The van der Waals surface area contributed by atoms with Gasteiger partial charge < -0.3 is 10.1 Å². The maximum absolute atomic E-state index is 12.3. The molecule has 0 saturated carbocycles. The van der Waals surface area contributed by atoms with E-state index in [2.05, 4.69) is 24.1 Å². The quantitative estimate of drug-likeness (QED) is 0.863. The fourth-order valence-electron chi connectivity index (χ4n) is 2.55. The Balaban J connectivity index is 2.02. The van der Waals surface area contributed by atoms with Crippen LogP contribution in [-0.4, -0.2) is 63.9 Å². The summed E-state index contributed by atoms with van der Waals surface area (Å²) in [6.07, 6.45) is 1.13. The van der Waals surface area contributed by atoms with Crippen LogP contribution in [0.25, 0.3) is 0 Å². The predicted molar refractivity (Wildman–Crippen MR) is 88.4 cm³/mol. The SMILES string of the molecule is CC(C)(CNC(=O)c1cccc(S(C)(=O)=O)c1)N1CCOCC1. The summed E-state index contributed by atoms with van der Waals surface area (Å²) in [5.41, 5.74) is 0.166. The standard InChI is InChI=1S/C16H24N2O4S/c1-16(2,18-7-9-22-10-8-18)12-17-15(19)13-5-4-6-14(11-13)23(3,20)21/h4-6,11H,7-10,12H2,1-3H3,(H,17,19). The molecule has 6 nitrogen and oxygen atoms in total. The average molecular weight is 340 g/mol. The highest BCUT2D eigenvalue weighted by Crippen LogP contribution is 2.16. The van der Waals surface area contributed by atoms with Gasteiger partial charge >= 0.3 is 0 Å². The van der Waals surface area contributed by atoms with Crippen LogP contribution in [0.3, 0.4) is 0 Å². The number of amides is 1. The Hall–Kier alpha value is -1.44. The van der Waals surface area contributed by atoms with Crippen LogP contribution in [0.5, 0.6) is 0 Å². The van der Waals surface area contributed by atoms with Crippen LogP contribution >= 0.6 is 0 Å². The first-order valence-corrected chi connectivity index (χ1v) is 9.50. The molecule has 1 amide bonds. The molecular weight excluding hydrogens is 316 g/mol. The van der Waals surface area contributed by atoms with Crippen molar-refractivity contribution >= 4 is 15.7 Å². The summed E-state index contributed by atoms with van der Waals surface area (Å²) in [5, 5.41) is 2.90. The lowest BCUT2D eigenvalue weighted by Gasteiger charge is -2.40. The number of hydrogen-bond acceptors (Lipinski definition) is 5. The lowest BCUT2D eigenvalue weighted by Crippen LogP contribution is -2.55. The van der Waals surface area contributed by atoms with Gasteiger partial charge in [-0.15, -0.1) is 0 Å². The second kappa shape index (κ2) is 6.98. The molecule has 0 aromatic heterocycles. The Bertz CT molecular complexity index is 664. The van der Waals surface area contributed by atoms with Crippen molar-refractivity contribution in [3.05, 3.63) is 29.8 Å². The molecule has 0 aliphatic carbocycles. The summed E-state index contributed by atoms with van der Waals surface area (Å²) >= 11 is 0. The van der Waals surface area contributed by atoms with E-state index in [1.165, 1.54) is 12.1 Å². The molecular formula is C16H24N2O4S. The Labute approximate surface area is 137 Å². The summed E-state index contributed by atoms with van der Waals surface area (Å²) in [6, 6.07) is 6.10. The third kappa shape index (κ3) is 4.76. The summed E-state index contributed by atoms with van der Waals surface area (Å²) in [4.78, 5) is 14.7. The molecule has 1 aromatic carbocycles. The van der Waals surface area contributed by atoms with Crippen LogP contribution in [0.2, 0.25) is 0 Å². The fraction of sp³-hybridized carbons (Fsp3) is 0.562. The zero-order valence-electron chi connectivity index (χ0n) is 13.8. The van der Waals surface area contributed by atoms with Gasteiger partial charge in [0, 0.05) is 37.0 Å². The van der Waals surface area contributed by atoms with Gasteiger partial charge in [-0.2, -0.15) is 0 Å². The molecule has 1 aromatic rings. The molecule has 0 atom stereocenters. The van der Waals surface area contributed by atoms with Gasteiger partial charge in [0.25, 0.3) is 5.91 Å². The Morgan fingerprint density at radius 1 is 1.30 bits per heavy atom. The van der Waals surface area contributed by atoms with Crippen molar-refractivity contribution in [2.45, 2.75) is 24.3 Å². The monoisotopic (exact) mass is 340 g/mol. The first kappa shape index (κ1) is 17.9. The number of benzene rings is 1. The molecule has 0 radical (unpaired) electrons. The number of carbonyl (C=O) groups excluding carboxylic acids is 1. The van der Waals surface area contributed by atoms with Crippen LogP contribution in [0.4, 0.5) is 0 Å². The molecule has 0 spiro atoms. The van der Waals surface area contributed by atoms with E-state index in [1.54, 1.807) is 12.1 Å². The van der Waals surface area contributed by atoms with Gasteiger partial charge in [0.05, 0.1) is 18.1 Å². The Morgan fingerprint density at radius 3 is 2.57 bits per heavy atom. The minimum atomic E-state index is -3.32. The van der Waals surface area contributed by atoms with Crippen LogP contribution in [0.15, 0.2) is 29.2 Å². The molecule has 2 rings (SSSR count). The second-order valence-electron chi connectivity index (χ2n) is 6.39. The molecule has 7 heteroatoms. The summed E-state index contributed by atoms with van der Waals surface area (Å²) in [6.45, 7) is 7.71. The van der Waals surface area contributed by atoms with Gasteiger partial charge in [-0.05, 0) is 32.0 Å². The number of morpholine rings is 1. The molecule has 23 heavy (non-hydrogen) atoms. The Kier molecular flexibility index (Phi) is 5.44. The summed E-state index contributed by atoms with van der Waals surface area (Å²) in [7, 11) is -3.32.